The van der Waals surface area contributed by atoms with Gasteiger partial charge in [-0.1, -0.05) is 51.8 Å². The largest absolute Gasteiger partial charge is 0.307 e. The number of rotatable bonds is 4. The monoisotopic (exact) mass is 363 g/mol. The molecule has 0 saturated heterocycles. The first-order chi connectivity index (χ1) is 10.1. The second-order valence-corrected chi connectivity index (χ2v) is 7.21. The van der Waals surface area contributed by atoms with E-state index in [1.54, 1.807) is 0 Å². The summed E-state index contributed by atoms with van der Waals surface area (Å²) >= 11 is 9.42. The van der Waals surface area contributed by atoms with Crippen LogP contribution in [-0.2, 0) is 0 Å². The lowest BCUT2D eigenvalue weighted by Crippen LogP contribution is -2.41. The molecule has 0 heterocycles. The highest BCUT2D eigenvalue weighted by Crippen LogP contribution is 2.38. The van der Waals surface area contributed by atoms with E-state index in [0.29, 0.717) is 18.0 Å². The van der Waals surface area contributed by atoms with Crippen LogP contribution in [0.2, 0.25) is 5.02 Å². The van der Waals surface area contributed by atoms with Crippen LogP contribution in [0.3, 0.4) is 0 Å². The van der Waals surface area contributed by atoms with Crippen molar-refractivity contribution in [3.63, 3.8) is 0 Å². The average Bonchev–Trinajstić information content (AvgIpc) is 2.44. The van der Waals surface area contributed by atoms with Crippen molar-refractivity contribution in [1.29, 1.82) is 0 Å². The fraction of sp³-hybridized carbons (Fsp3) is 0.333. The van der Waals surface area contributed by atoms with Crippen molar-refractivity contribution in [2.24, 2.45) is 0 Å². The Bertz CT molecular complexity index is 588. The molecule has 1 aliphatic rings. The van der Waals surface area contributed by atoms with Gasteiger partial charge in [0, 0.05) is 21.6 Å². The van der Waals surface area contributed by atoms with Crippen LogP contribution in [0.4, 0.5) is 0 Å². The molecule has 21 heavy (non-hydrogen) atoms. The molecule has 0 aliphatic heterocycles. The quantitative estimate of drug-likeness (QED) is 0.734. The van der Waals surface area contributed by atoms with Crippen molar-refractivity contribution in [2.45, 2.75) is 37.8 Å². The van der Waals surface area contributed by atoms with Gasteiger partial charge in [-0.3, -0.25) is 0 Å². The second-order valence-electron chi connectivity index (χ2n) is 5.86. The van der Waals surface area contributed by atoms with Crippen LogP contribution in [0.1, 0.15) is 42.9 Å². The molecule has 0 aromatic heterocycles. The Hall–Kier alpha value is -0.830. The van der Waals surface area contributed by atoms with E-state index >= 15 is 0 Å². The van der Waals surface area contributed by atoms with Gasteiger partial charge in [0.1, 0.15) is 0 Å². The highest BCUT2D eigenvalue weighted by atomic mass is 79.9. The van der Waals surface area contributed by atoms with Crippen LogP contribution in [0.25, 0.3) is 0 Å². The van der Waals surface area contributed by atoms with Crippen molar-refractivity contribution >= 4 is 27.5 Å². The third-order valence-corrected chi connectivity index (χ3v) is 5.12. The number of nitrogens with one attached hydrogen (secondary N) is 1. The zero-order valence-corrected chi connectivity index (χ0v) is 14.4. The molecule has 1 nitrogen and oxygen atoms in total. The average molecular weight is 365 g/mol. The van der Waals surface area contributed by atoms with Crippen molar-refractivity contribution in [3.05, 3.63) is 69.2 Å². The summed E-state index contributed by atoms with van der Waals surface area (Å²) < 4.78 is 1.15. The predicted octanol–water partition coefficient (Wildman–Crippen LogP) is 5.70. The molecule has 0 bridgehead atoms. The van der Waals surface area contributed by atoms with E-state index < -0.39 is 0 Å². The molecule has 1 atom stereocenters. The van der Waals surface area contributed by atoms with Gasteiger partial charge in [-0.05, 0) is 61.1 Å². The van der Waals surface area contributed by atoms with Gasteiger partial charge in [-0.25, -0.2) is 0 Å². The molecule has 1 fully saturated rings. The Labute approximate surface area is 139 Å². The van der Waals surface area contributed by atoms with Crippen molar-refractivity contribution in [2.75, 3.05) is 0 Å². The lowest BCUT2D eigenvalue weighted by atomic mass is 9.75. The molecule has 0 spiro atoms. The Balaban J connectivity index is 1.52. The van der Waals surface area contributed by atoms with Crippen LogP contribution in [-0.4, -0.2) is 6.04 Å². The first-order valence-corrected chi connectivity index (χ1v) is 8.56. The third-order valence-electron chi connectivity index (χ3n) is 4.34. The van der Waals surface area contributed by atoms with Gasteiger partial charge in [0.05, 0.1) is 0 Å². The minimum absolute atomic E-state index is 0.373. The molecule has 1 aliphatic carbocycles. The smallest absolute Gasteiger partial charge is 0.0406 e. The Kier molecular flexibility index (Phi) is 4.68. The molecule has 3 rings (SSSR count). The van der Waals surface area contributed by atoms with Crippen molar-refractivity contribution < 1.29 is 0 Å². The molecule has 0 radical (unpaired) electrons. The predicted molar refractivity (Wildman–Crippen MR) is 92.9 cm³/mol. The Morgan fingerprint density at radius 2 is 1.67 bits per heavy atom. The fourth-order valence-electron chi connectivity index (χ4n) is 2.96. The summed E-state index contributed by atoms with van der Waals surface area (Å²) in [5.41, 5.74) is 2.75. The standard InChI is InChI=1S/C18H19BrClN/c1-12(13-4-8-17(20)9-5-13)21-18-10-15(11-18)14-2-6-16(19)7-3-14/h2-9,12,15,18,21H,10-11H2,1H3/t12-,15?,18?/m0/s1. The topological polar surface area (TPSA) is 12.0 Å². The van der Waals surface area contributed by atoms with Gasteiger partial charge in [0.25, 0.3) is 0 Å². The Morgan fingerprint density at radius 1 is 1.05 bits per heavy atom. The summed E-state index contributed by atoms with van der Waals surface area (Å²) in [4.78, 5) is 0. The number of hydrogen-bond acceptors (Lipinski definition) is 1. The van der Waals surface area contributed by atoms with Crippen molar-refractivity contribution in [1.82, 2.24) is 5.32 Å². The lowest BCUT2D eigenvalue weighted by molar-refractivity contribution is 0.271. The first kappa shape index (κ1) is 15.1. The first-order valence-electron chi connectivity index (χ1n) is 7.39. The SMILES string of the molecule is C[C@H](NC1CC(c2ccc(Br)cc2)C1)c1ccc(Cl)cc1. The summed E-state index contributed by atoms with van der Waals surface area (Å²) in [5, 5.41) is 4.51. The highest BCUT2D eigenvalue weighted by molar-refractivity contribution is 9.10. The van der Waals surface area contributed by atoms with E-state index in [9.17, 15) is 0 Å². The summed E-state index contributed by atoms with van der Waals surface area (Å²) in [6, 6.07) is 17.8. The maximum Gasteiger partial charge on any atom is 0.0406 e. The maximum absolute atomic E-state index is 5.93. The van der Waals surface area contributed by atoms with E-state index in [4.69, 9.17) is 11.6 Å². The van der Waals surface area contributed by atoms with Crippen LogP contribution in [0.15, 0.2) is 53.0 Å². The number of hydrogen-bond donors (Lipinski definition) is 1. The molecule has 2 aromatic rings. The van der Waals surface area contributed by atoms with Crippen LogP contribution >= 0.6 is 27.5 Å². The van der Waals surface area contributed by atoms with E-state index in [-0.39, 0.29) is 0 Å². The van der Waals surface area contributed by atoms with Gasteiger partial charge in [-0.2, -0.15) is 0 Å². The molecular weight excluding hydrogens is 346 g/mol. The third kappa shape index (κ3) is 3.68. The molecule has 0 amide bonds. The van der Waals surface area contributed by atoms with E-state index in [2.05, 4.69) is 64.6 Å². The molecule has 0 unspecified atom stereocenters. The van der Waals surface area contributed by atoms with Gasteiger partial charge in [0.2, 0.25) is 0 Å². The Morgan fingerprint density at radius 3 is 2.29 bits per heavy atom. The zero-order valence-electron chi connectivity index (χ0n) is 12.0. The number of halogens is 2. The number of benzene rings is 2. The zero-order chi connectivity index (χ0) is 14.8. The van der Waals surface area contributed by atoms with E-state index in [1.807, 2.05) is 12.1 Å². The minimum atomic E-state index is 0.373. The summed E-state index contributed by atoms with van der Waals surface area (Å²) in [6.45, 7) is 2.22. The summed E-state index contributed by atoms with van der Waals surface area (Å²) in [6.07, 6.45) is 2.44. The molecule has 1 saturated carbocycles. The molecule has 1 N–H and O–H groups in total. The van der Waals surface area contributed by atoms with E-state index in [0.717, 1.165) is 9.50 Å². The summed E-state index contributed by atoms with van der Waals surface area (Å²) in [7, 11) is 0. The lowest BCUT2D eigenvalue weighted by Gasteiger charge is -2.38. The second kappa shape index (κ2) is 6.51. The van der Waals surface area contributed by atoms with Gasteiger partial charge in [0.15, 0.2) is 0 Å². The molecule has 110 valence electrons. The van der Waals surface area contributed by atoms with Crippen LogP contribution in [0.5, 0.6) is 0 Å². The minimum Gasteiger partial charge on any atom is -0.307 e. The molecular formula is C18H19BrClN. The molecule has 3 heteroatoms. The molecule has 2 aromatic carbocycles. The summed E-state index contributed by atoms with van der Waals surface area (Å²) in [5.74, 6) is 0.702. The van der Waals surface area contributed by atoms with Crippen LogP contribution < -0.4 is 5.32 Å². The van der Waals surface area contributed by atoms with E-state index in [1.165, 1.54) is 24.0 Å². The van der Waals surface area contributed by atoms with Crippen LogP contribution in [0, 0.1) is 0 Å². The van der Waals surface area contributed by atoms with Crippen molar-refractivity contribution in [3.8, 4) is 0 Å². The fourth-order valence-corrected chi connectivity index (χ4v) is 3.35. The van der Waals surface area contributed by atoms with Gasteiger partial charge < -0.3 is 5.32 Å². The highest BCUT2D eigenvalue weighted by Gasteiger charge is 2.30. The maximum atomic E-state index is 5.93. The normalized spacial score (nSPS) is 22.6. The van der Waals surface area contributed by atoms with Gasteiger partial charge in [-0.15, -0.1) is 0 Å². The van der Waals surface area contributed by atoms with Gasteiger partial charge >= 0.3 is 0 Å².